The van der Waals surface area contributed by atoms with Crippen molar-refractivity contribution in [1.82, 2.24) is 14.9 Å². The predicted molar refractivity (Wildman–Crippen MR) is 62.8 cm³/mol. The van der Waals surface area contributed by atoms with Crippen molar-refractivity contribution in [2.45, 2.75) is 20.4 Å². The normalized spacial score (nSPS) is 10.8. The maximum atomic E-state index is 10.8. The number of rotatable bonds is 3. The lowest BCUT2D eigenvalue weighted by Crippen LogP contribution is -1.98. The highest BCUT2D eigenvalue weighted by Crippen LogP contribution is 2.32. The minimum Gasteiger partial charge on any atom is -0.476 e. The molecule has 2 aromatic heterocycles. The standard InChI is InChI=1S/C10H10BrN3O3/c1-3-14-5(2)6(4-12-14)9-7(11)8(10(15)16)13-17-9/h4H,3H2,1-2H3,(H,15,16). The van der Waals surface area contributed by atoms with Gasteiger partial charge in [-0.2, -0.15) is 5.10 Å². The van der Waals surface area contributed by atoms with Crippen molar-refractivity contribution >= 4 is 21.9 Å². The summed E-state index contributed by atoms with van der Waals surface area (Å²) >= 11 is 3.18. The summed E-state index contributed by atoms with van der Waals surface area (Å²) in [5, 5.41) is 16.5. The van der Waals surface area contributed by atoms with E-state index in [0.29, 0.717) is 10.2 Å². The monoisotopic (exact) mass is 299 g/mol. The molecule has 0 aromatic carbocycles. The van der Waals surface area contributed by atoms with Crippen LogP contribution >= 0.6 is 15.9 Å². The van der Waals surface area contributed by atoms with Crippen LogP contribution in [-0.2, 0) is 6.54 Å². The van der Waals surface area contributed by atoms with E-state index in [4.69, 9.17) is 9.63 Å². The number of carbonyl (C=O) groups is 1. The van der Waals surface area contributed by atoms with Crippen molar-refractivity contribution in [3.05, 3.63) is 22.1 Å². The molecular weight excluding hydrogens is 290 g/mol. The first-order valence-electron chi connectivity index (χ1n) is 4.97. The van der Waals surface area contributed by atoms with Crippen LogP contribution in [-0.4, -0.2) is 26.0 Å². The molecule has 17 heavy (non-hydrogen) atoms. The summed E-state index contributed by atoms with van der Waals surface area (Å²) in [5.41, 5.74) is 1.50. The van der Waals surface area contributed by atoms with Gasteiger partial charge in [0.25, 0.3) is 0 Å². The van der Waals surface area contributed by atoms with E-state index in [1.807, 2.05) is 13.8 Å². The highest BCUT2D eigenvalue weighted by atomic mass is 79.9. The minimum absolute atomic E-state index is 0.136. The molecule has 6 nitrogen and oxygen atoms in total. The van der Waals surface area contributed by atoms with Gasteiger partial charge in [0.15, 0.2) is 5.76 Å². The quantitative estimate of drug-likeness (QED) is 0.940. The smallest absolute Gasteiger partial charge is 0.359 e. The van der Waals surface area contributed by atoms with Crippen LogP contribution in [0.15, 0.2) is 15.2 Å². The van der Waals surface area contributed by atoms with Gasteiger partial charge >= 0.3 is 5.97 Å². The fraction of sp³-hybridized carbons (Fsp3) is 0.300. The van der Waals surface area contributed by atoms with Crippen LogP contribution < -0.4 is 0 Å². The molecular formula is C10H10BrN3O3. The number of nitrogens with zero attached hydrogens (tertiary/aromatic N) is 3. The predicted octanol–water partition coefficient (Wildman–Crippen LogP) is 2.33. The maximum absolute atomic E-state index is 10.8. The largest absolute Gasteiger partial charge is 0.476 e. The lowest BCUT2D eigenvalue weighted by atomic mass is 10.2. The second kappa shape index (κ2) is 4.33. The number of aromatic carboxylic acids is 1. The molecule has 2 aromatic rings. The first-order valence-corrected chi connectivity index (χ1v) is 5.76. The van der Waals surface area contributed by atoms with Gasteiger partial charge in [-0.25, -0.2) is 4.79 Å². The van der Waals surface area contributed by atoms with Crippen LogP contribution in [0.5, 0.6) is 0 Å². The average Bonchev–Trinajstić information content (AvgIpc) is 2.82. The molecule has 0 amide bonds. The zero-order valence-corrected chi connectivity index (χ0v) is 10.9. The van der Waals surface area contributed by atoms with Crippen LogP contribution in [0.2, 0.25) is 0 Å². The van der Waals surface area contributed by atoms with Crippen LogP contribution in [0, 0.1) is 6.92 Å². The zero-order valence-electron chi connectivity index (χ0n) is 9.27. The number of aromatic nitrogens is 3. The summed E-state index contributed by atoms with van der Waals surface area (Å²) in [6.07, 6.45) is 1.63. The molecule has 0 radical (unpaired) electrons. The van der Waals surface area contributed by atoms with Crippen LogP contribution in [0.4, 0.5) is 0 Å². The molecule has 0 saturated heterocycles. The van der Waals surface area contributed by atoms with Crippen molar-refractivity contribution in [3.63, 3.8) is 0 Å². The van der Waals surface area contributed by atoms with Crippen LogP contribution in [0.1, 0.15) is 23.1 Å². The van der Waals surface area contributed by atoms with Gasteiger partial charge in [0.1, 0.15) is 4.47 Å². The van der Waals surface area contributed by atoms with E-state index in [-0.39, 0.29) is 5.69 Å². The Kier molecular flexibility index (Phi) is 3.01. The molecule has 0 fully saturated rings. The molecule has 0 spiro atoms. The Morgan fingerprint density at radius 2 is 2.35 bits per heavy atom. The van der Waals surface area contributed by atoms with Gasteiger partial charge < -0.3 is 9.63 Å². The number of hydrogen-bond acceptors (Lipinski definition) is 4. The van der Waals surface area contributed by atoms with E-state index < -0.39 is 5.97 Å². The van der Waals surface area contributed by atoms with Gasteiger partial charge in [-0.15, -0.1) is 0 Å². The average molecular weight is 300 g/mol. The van der Waals surface area contributed by atoms with Gasteiger partial charge in [0.05, 0.1) is 11.8 Å². The zero-order chi connectivity index (χ0) is 12.6. The number of halogens is 1. The van der Waals surface area contributed by atoms with Crippen molar-refractivity contribution in [3.8, 4) is 11.3 Å². The highest BCUT2D eigenvalue weighted by Gasteiger charge is 2.23. The number of carboxylic acids is 1. The molecule has 0 saturated carbocycles. The molecule has 0 aliphatic heterocycles. The van der Waals surface area contributed by atoms with Crippen LogP contribution in [0.3, 0.4) is 0 Å². The molecule has 0 unspecified atom stereocenters. The lowest BCUT2D eigenvalue weighted by molar-refractivity contribution is 0.0685. The molecule has 1 N–H and O–H groups in total. The summed E-state index contributed by atoms with van der Waals surface area (Å²) in [6.45, 7) is 4.60. The Bertz CT molecular complexity index is 573. The lowest BCUT2D eigenvalue weighted by Gasteiger charge is -1.99. The molecule has 2 rings (SSSR count). The molecule has 7 heteroatoms. The number of carboxylic acid groups (broad SMARTS) is 1. The minimum atomic E-state index is -1.13. The van der Waals surface area contributed by atoms with E-state index in [0.717, 1.165) is 17.8 Å². The van der Waals surface area contributed by atoms with Crippen molar-refractivity contribution < 1.29 is 14.4 Å². The first-order chi connectivity index (χ1) is 8.06. The van der Waals surface area contributed by atoms with E-state index in [1.54, 1.807) is 10.9 Å². The molecule has 2 heterocycles. The first kappa shape index (κ1) is 11.8. The second-order valence-electron chi connectivity index (χ2n) is 3.44. The molecule has 90 valence electrons. The Morgan fingerprint density at radius 3 is 2.82 bits per heavy atom. The fourth-order valence-electron chi connectivity index (χ4n) is 1.57. The van der Waals surface area contributed by atoms with Gasteiger partial charge in [0.2, 0.25) is 5.69 Å². The third-order valence-corrected chi connectivity index (χ3v) is 3.22. The van der Waals surface area contributed by atoms with Crippen molar-refractivity contribution in [2.24, 2.45) is 0 Å². The van der Waals surface area contributed by atoms with Gasteiger partial charge in [-0.3, -0.25) is 4.68 Å². The third kappa shape index (κ3) is 1.86. The summed E-state index contributed by atoms with van der Waals surface area (Å²) < 4.78 is 7.18. The van der Waals surface area contributed by atoms with E-state index >= 15 is 0 Å². The number of hydrogen-bond donors (Lipinski definition) is 1. The Balaban J connectivity index is 2.53. The van der Waals surface area contributed by atoms with Gasteiger partial charge in [-0.05, 0) is 29.8 Å². The Morgan fingerprint density at radius 1 is 1.65 bits per heavy atom. The summed E-state index contributed by atoms with van der Waals surface area (Å²) in [6, 6.07) is 0. The van der Waals surface area contributed by atoms with Crippen LogP contribution in [0.25, 0.3) is 11.3 Å². The third-order valence-electron chi connectivity index (χ3n) is 2.49. The molecule has 0 aliphatic rings. The SMILES string of the molecule is CCn1ncc(-c2onc(C(=O)O)c2Br)c1C. The number of aryl methyl sites for hydroxylation is 1. The highest BCUT2D eigenvalue weighted by molar-refractivity contribution is 9.10. The fourth-order valence-corrected chi connectivity index (χ4v) is 2.10. The Labute approximate surface area is 105 Å². The molecule has 0 atom stereocenters. The summed E-state index contributed by atoms with van der Waals surface area (Å²) in [7, 11) is 0. The summed E-state index contributed by atoms with van der Waals surface area (Å²) in [4.78, 5) is 10.8. The van der Waals surface area contributed by atoms with Crippen molar-refractivity contribution in [1.29, 1.82) is 0 Å². The van der Waals surface area contributed by atoms with E-state index in [9.17, 15) is 4.79 Å². The van der Waals surface area contributed by atoms with E-state index in [1.165, 1.54) is 0 Å². The van der Waals surface area contributed by atoms with E-state index in [2.05, 4.69) is 26.2 Å². The van der Waals surface area contributed by atoms with Gasteiger partial charge in [0, 0.05) is 12.2 Å². The summed E-state index contributed by atoms with van der Waals surface area (Å²) in [5.74, 6) is -0.744. The second-order valence-corrected chi connectivity index (χ2v) is 4.23. The van der Waals surface area contributed by atoms with Gasteiger partial charge in [-0.1, -0.05) is 5.16 Å². The maximum Gasteiger partial charge on any atom is 0.359 e. The molecule has 0 aliphatic carbocycles. The molecule has 0 bridgehead atoms. The topological polar surface area (TPSA) is 81.2 Å². The van der Waals surface area contributed by atoms with Crippen molar-refractivity contribution in [2.75, 3.05) is 0 Å². The Hall–Kier alpha value is -1.63.